The molecule has 1 N–H and O–H groups in total. The fourth-order valence-electron chi connectivity index (χ4n) is 2.59. The van der Waals surface area contributed by atoms with Crippen molar-refractivity contribution in [2.24, 2.45) is 0 Å². The molecule has 1 unspecified atom stereocenters. The predicted octanol–water partition coefficient (Wildman–Crippen LogP) is 4.27. The van der Waals surface area contributed by atoms with E-state index in [1.807, 2.05) is 0 Å². The molecule has 0 heterocycles. The van der Waals surface area contributed by atoms with Crippen molar-refractivity contribution < 1.29 is 27.2 Å². The number of methoxy groups -OCH3 is 1. The Morgan fingerprint density at radius 2 is 2.00 bits per heavy atom. The molecule has 26 heavy (non-hydrogen) atoms. The van der Waals surface area contributed by atoms with Crippen LogP contribution in [0.4, 0.5) is 0 Å². The molecule has 2 rings (SSSR count). The summed E-state index contributed by atoms with van der Waals surface area (Å²) in [5, 5.41) is -1.25. The van der Waals surface area contributed by atoms with Gasteiger partial charge in [0.2, 0.25) is 0 Å². The molecule has 2 aromatic rings. The zero-order chi connectivity index (χ0) is 19.5. The van der Waals surface area contributed by atoms with Crippen LogP contribution in [0.15, 0.2) is 40.9 Å². The third-order valence-electron chi connectivity index (χ3n) is 3.56. The predicted molar refractivity (Wildman–Crippen MR) is 101 cm³/mol. The molecule has 9 heteroatoms. The second-order valence-corrected chi connectivity index (χ2v) is 8.01. The van der Waals surface area contributed by atoms with Gasteiger partial charge in [0.25, 0.3) is 10.1 Å². The summed E-state index contributed by atoms with van der Waals surface area (Å²) in [5.74, 6) is -0.659. The van der Waals surface area contributed by atoms with Crippen molar-refractivity contribution >= 4 is 43.6 Å². The number of esters is 1. The number of ether oxygens (including phenoxy) is 2. The number of carbonyl (C=O) groups excluding carboxylic acids is 1. The van der Waals surface area contributed by atoms with Crippen LogP contribution >= 0.6 is 27.5 Å². The fraction of sp³-hybridized carbons (Fsp3) is 0.235. The van der Waals surface area contributed by atoms with E-state index in [9.17, 15) is 17.8 Å². The Bertz CT molecular complexity index is 929. The first-order valence-electron chi connectivity index (χ1n) is 7.46. The molecule has 0 aliphatic carbocycles. The average molecular weight is 464 g/mol. The van der Waals surface area contributed by atoms with Crippen LogP contribution < -0.4 is 4.74 Å². The standard InChI is InChI=1S/C17H16BrClO6S/c1-3-25-17(20)14-12(7-8-13(18)15(14)24-2)16(26(21,22)23)10-5-4-6-11(19)9-10/h4-9,16H,3H2,1-2H3,(H,21,22,23). The molecule has 0 fully saturated rings. The van der Waals surface area contributed by atoms with E-state index >= 15 is 0 Å². The second-order valence-electron chi connectivity index (χ2n) is 5.22. The van der Waals surface area contributed by atoms with Crippen molar-refractivity contribution in [3.05, 3.63) is 62.6 Å². The fourth-order valence-corrected chi connectivity index (χ4v) is 4.28. The minimum Gasteiger partial charge on any atom is -0.495 e. The van der Waals surface area contributed by atoms with Crippen LogP contribution in [0.1, 0.15) is 33.7 Å². The highest BCUT2D eigenvalue weighted by molar-refractivity contribution is 9.10. The zero-order valence-corrected chi connectivity index (χ0v) is 17.1. The highest BCUT2D eigenvalue weighted by Gasteiger charge is 2.34. The molecule has 0 aliphatic heterocycles. The molecule has 2 aromatic carbocycles. The summed E-state index contributed by atoms with van der Waals surface area (Å²) >= 11 is 9.22. The van der Waals surface area contributed by atoms with Gasteiger partial charge in [-0.3, -0.25) is 4.55 Å². The van der Waals surface area contributed by atoms with E-state index in [1.54, 1.807) is 19.1 Å². The molecule has 140 valence electrons. The van der Waals surface area contributed by atoms with Crippen LogP contribution in [0.2, 0.25) is 5.02 Å². The van der Waals surface area contributed by atoms with Gasteiger partial charge in [0.05, 0.1) is 18.2 Å². The normalized spacial score (nSPS) is 12.5. The van der Waals surface area contributed by atoms with Crippen LogP contribution in [0.5, 0.6) is 5.75 Å². The van der Waals surface area contributed by atoms with Gasteiger partial charge in [-0.1, -0.05) is 29.8 Å². The molecule has 0 aliphatic rings. The van der Waals surface area contributed by atoms with Gasteiger partial charge < -0.3 is 9.47 Å². The first-order valence-corrected chi connectivity index (χ1v) is 10.1. The summed E-state index contributed by atoms with van der Waals surface area (Å²) in [6, 6.07) is 8.96. The summed E-state index contributed by atoms with van der Waals surface area (Å²) in [4.78, 5) is 12.5. The molecule has 1 atom stereocenters. The summed E-state index contributed by atoms with van der Waals surface area (Å²) in [5.41, 5.74) is 0.134. The first-order chi connectivity index (χ1) is 12.2. The maximum Gasteiger partial charge on any atom is 0.342 e. The number of halogens is 2. The quantitative estimate of drug-likeness (QED) is 0.508. The minimum atomic E-state index is -4.63. The van der Waals surface area contributed by atoms with Gasteiger partial charge in [-0.15, -0.1) is 0 Å². The zero-order valence-electron chi connectivity index (χ0n) is 13.9. The average Bonchev–Trinajstić information content (AvgIpc) is 2.55. The smallest absolute Gasteiger partial charge is 0.342 e. The number of carbonyl (C=O) groups is 1. The summed E-state index contributed by atoms with van der Waals surface area (Å²) in [7, 11) is -3.29. The van der Waals surface area contributed by atoms with Crippen molar-refractivity contribution in [3.8, 4) is 5.75 Å². The molecule has 0 spiro atoms. The van der Waals surface area contributed by atoms with E-state index in [-0.39, 0.29) is 34.1 Å². The van der Waals surface area contributed by atoms with E-state index in [4.69, 9.17) is 21.1 Å². The van der Waals surface area contributed by atoms with E-state index in [0.29, 0.717) is 4.47 Å². The summed E-state index contributed by atoms with van der Waals surface area (Å²) in [6.07, 6.45) is 0. The largest absolute Gasteiger partial charge is 0.495 e. The Morgan fingerprint density at radius 3 is 2.54 bits per heavy atom. The number of hydrogen-bond donors (Lipinski definition) is 1. The molecule has 0 aromatic heterocycles. The summed E-state index contributed by atoms with van der Waals surface area (Å²) in [6.45, 7) is 1.71. The van der Waals surface area contributed by atoms with Crippen molar-refractivity contribution in [1.82, 2.24) is 0 Å². The van der Waals surface area contributed by atoms with Gasteiger partial charge in [-0.2, -0.15) is 8.42 Å². The molecule has 0 bridgehead atoms. The highest BCUT2D eigenvalue weighted by atomic mass is 79.9. The molecular formula is C17H16BrClO6S. The summed E-state index contributed by atoms with van der Waals surface area (Å²) < 4.78 is 44.9. The van der Waals surface area contributed by atoms with Crippen LogP contribution in [0, 0.1) is 0 Å². The number of rotatable bonds is 6. The van der Waals surface area contributed by atoms with E-state index < -0.39 is 21.3 Å². The maximum atomic E-state index is 12.5. The third-order valence-corrected chi connectivity index (χ3v) is 5.54. The Morgan fingerprint density at radius 1 is 1.31 bits per heavy atom. The van der Waals surface area contributed by atoms with Gasteiger partial charge >= 0.3 is 5.97 Å². The van der Waals surface area contributed by atoms with Crippen LogP contribution in [0.3, 0.4) is 0 Å². The molecule has 0 amide bonds. The van der Waals surface area contributed by atoms with Gasteiger partial charge in [-0.05, 0) is 52.2 Å². The van der Waals surface area contributed by atoms with Gasteiger partial charge in [0.1, 0.15) is 16.6 Å². The van der Waals surface area contributed by atoms with Gasteiger partial charge in [0.15, 0.2) is 0 Å². The van der Waals surface area contributed by atoms with Gasteiger partial charge in [0, 0.05) is 5.02 Å². The number of hydrogen-bond acceptors (Lipinski definition) is 5. The third kappa shape index (κ3) is 4.37. The van der Waals surface area contributed by atoms with Crippen molar-refractivity contribution in [1.29, 1.82) is 0 Å². The van der Waals surface area contributed by atoms with E-state index in [0.717, 1.165) is 0 Å². The Kier molecular flexibility index (Phi) is 6.68. The van der Waals surface area contributed by atoms with Gasteiger partial charge in [-0.25, -0.2) is 4.79 Å². The Hall–Kier alpha value is -1.61. The molecule has 0 saturated heterocycles. The van der Waals surface area contributed by atoms with E-state index in [2.05, 4.69) is 15.9 Å². The van der Waals surface area contributed by atoms with Crippen molar-refractivity contribution in [3.63, 3.8) is 0 Å². The maximum absolute atomic E-state index is 12.5. The monoisotopic (exact) mass is 462 g/mol. The van der Waals surface area contributed by atoms with Crippen molar-refractivity contribution in [2.75, 3.05) is 13.7 Å². The molecule has 0 radical (unpaired) electrons. The lowest BCUT2D eigenvalue weighted by atomic mass is 9.98. The Balaban J connectivity index is 2.83. The minimum absolute atomic E-state index is 0.0215. The van der Waals surface area contributed by atoms with E-state index in [1.165, 1.54) is 31.4 Å². The second kappa shape index (κ2) is 8.39. The molecular weight excluding hydrogens is 448 g/mol. The highest BCUT2D eigenvalue weighted by Crippen LogP contribution is 2.40. The molecule has 0 saturated carbocycles. The Labute approximate surface area is 165 Å². The SMILES string of the molecule is CCOC(=O)c1c(C(c2cccc(Cl)c2)S(=O)(=O)O)ccc(Br)c1OC. The molecule has 6 nitrogen and oxygen atoms in total. The van der Waals surface area contributed by atoms with Crippen LogP contribution in [0.25, 0.3) is 0 Å². The lowest BCUT2D eigenvalue weighted by Crippen LogP contribution is -2.19. The lowest BCUT2D eigenvalue weighted by molar-refractivity contribution is 0.0521. The topological polar surface area (TPSA) is 89.9 Å². The van der Waals surface area contributed by atoms with Crippen LogP contribution in [-0.2, 0) is 14.9 Å². The van der Waals surface area contributed by atoms with Crippen molar-refractivity contribution in [2.45, 2.75) is 12.2 Å². The number of benzene rings is 2. The van der Waals surface area contributed by atoms with Crippen LogP contribution in [-0.4, -0.2) is 32.7 Å². The lowest BCUT2D eigenvalue weighted by Gasteiger charge is -2.20. The first kappa shape index (κ1) is 20.7.